The second kappa shape index (κ2) is 9.32. The lowest BCUT2D eigenvalue weighted by Gasteiger charge is -2.28. The Morgan fingerprint density at radius 3 is 2.48 bits per heavy atom. The van der Waals surface area contributed by atoms with Gasteiger partial charge in [-0.05, 0) is 45.7 Å². The summed E-state index contributed by atoms with van der Waals surface area (Å²) in [5.74, 6) is -0.817. The summed E-state index contributed by atoms with van der Waals surface area (Å²) in [5.41, 5.74) is 2.95. The quantitative estimate of drug-likeness (QED) is 0.652. The van der Waals surface area contributed by atoms with E-state index in [-0.39, 0.29) is 6.42 Å². The Labute approximate surface area is 159 Å². The number of nitrogens with zero attached hydrogens (tertiary/aromatic N) is 2. The predicted molar refractivity (Wildman–Crippen MR) is 104 cm³/mol. The molecule has 0 fully saturated rings. The lowest BCUT2D eigenvalue weighted by Crippen LogP contribution is -2.23. The first-order valence-electron chi connectivity index (χ1n) is 9.06. The molecule has 0 saturated carbocycles. The molecule has 0 spiro atoms. The number of anilines is 2. The van der Waals surface area contributed by atoms with Crippen LogP contribution in [-0.4, -0.2) is 34.3 Å². The van der Waals surface area contributed by atoms with Gasteiger partial charge in [0.05, 0.1) is 30.3 Å². The van der Waals surface area contributed by atoms with Crippen molar-refractivity contribution in [2.75, 3.05) is 18.5 Å². The van der Waals surface area contributed by atoms with Gasteiger partial charge in [-0.25, -0.2) is 9.97 Å². The van der Waals surface area contributed by atoms with E-state index in [1.165, 1.54) is 0 Å². The first kappa shape index (κ1) is 20.6. The molecule has 2 N–H and O–H groups in total. The Balaban J connectivity index is 2.33. The summed E-state index contributed by atoms with van der Waals surface area (Å²) in [6.07, 6.45) is 3.84. The molecule has 0 bridgehead atoms. The Bertz CT molecular complexity index is 760. The summed E-state index contributed by atoms with van der Waals surface area (Å²) in [5, 5.41) is 12.3. The summed E-state index contributed by atoms with van der Waals surface area (Å²) >= 11 is 0. The van der Waals surface area contributed by atoms with Gasteiger partial charge in [-0.15, -0.1) is 0 Å². The summed E-state index contributed by atoms with van der Waals surface area (Å²) in [6, 6.07) is 6.20. The average molecular weight is 373 g/mol. The van der Waals surface area contributed by atoms with Gasteiger partial charge >= 0.3 is 12.0 Å². The molecule has 2 rings (SSSR count). The highest BCUT2D eigenvalue weighted by atomic mass is 16.5. The van der Waals surface area contributed by atoms with Crippen molar-refractivity contribution in [2.24, 2.45) is 0 Å². The number of hydrogen-bond donors (Lipinski definition) is 2. The van der Waals surface area contributed by atoms with Gasteiger partial charge in [0.25, 0.3) is 0 Å². The highest BCUT2D eigenvalue weighted by molar-refractivity contribution is 5.68. The van der Waals surface area contributed by atoms with Gasteiger partial charge in [-0.2, -0.15) is 0 Å². The van der Waals surface area contributed by atoms with E-state index >= 15 is 0 Å². The molecule has 27 heavy (non-hydrogen) atoms. The maximum atomic E-state index is 10.9. The molecule has 0 atom stereocenters. The van der Waals surface area contributed by atoms with E-state index in [0.717, 1.165) is 16.8 Å². The molecule has 1 aromatic carbocycles. The average Bonchev–Trinajstić information content (AvgIpc) is 2.62. The van der Waals surface area contributed by atoms with Crippen molar-refractivity contribution in [2.45, 2.75) is 46.1 Å². The zero-order chi connectivity index (χ0) is 19.9. The monoisotopic (exact) mass is 373 g/mol. The zero-order valence-electron chi connectivity index (χ0n) is 16.3. The van der Waals surface area contributed by atoms with Gasteiger partial charge in [-0.3, -0.25) is 4.79 Å². The van der Waals surface area contributed by atoms with Crippen LogP contribution in [0, 0.1) is 0 Å². The van der Waals surface area contributed by atoms with Crippen molar-refractivity contribution in [3.05, 3.63) is 41.7 Å². The van der Waals surface area contributed by atoms with Crippen molar-refractivity contribution >= 4 is 17.3 Å². The second-order valence-electron chi connectivity index (χ2n) is 6.53. The Hall–Kier alpha value is -2.67. The Morgan fingerprint density at radius 2 is 1.89 bits per heavy atom. The zero-order valence-corrected chi connectivity index (χ0v) is 16.3. The maximum absolute atomic E-state index is 10.9. The summed E-state index contributed by atoms with van der Waals surface area (Å²) in [4.78, 5) is 19.2. The number of ether oxygens (including phenoxy) is 2. The molecule has 0 aliphatic rings. The van der Waals surface area contributed by atoms with Crippen LogP contribution in [0.2, 0.25) is 0 Å². The predicted octanol–water partition coefficient (Wildman–Crippen LogP) is 3.91. The molecule has 7 heteroatoms. The van der Waals surface area contributed by atoms with E-state index in [0.29, 0.717) is 31.3 Å². The van der Waals surface area contributed by atoms with Crippen molar-refractivity contribution in [3.8, 4) is 6.01 Å². The van der Waals surface area contributed by atoms with E-state index in [1.807, 2.05) is 45.9 Å². The molecule has 7 nitrogen and oxygen atoms in total. The molecule has 146 valence electrons. The van der Waals surface area contributed by atoms with E-state index in [1.54, 1.807) is 12.4 Å². The van der Waals surface area contributed by atoms with Gasteiger partial charge in [0.1, 0.15) is 0 Å². The smallest absolute Gasteiger partial charge is 0.316 e. The molecule has 0 aliphatic heterocycles. The number of carbonyl (C=O) groups is 1. The van der Waals surface area contributed by atoms with Crippen molar-refractivity contribution in [1.82, 2.24) is 9.97 Å². The molecular formula is C20H27N3O4. The van der Waals surface area contributed by atoms with Crippen LogP contribution in [0.3, 0.4) is 0 Å². The molecule has 0 amide bonds. The lowest BCUT2D eigenvalue weighted by atomic mass is 9.93. The van der Waals surface area contributed by atoms with Gasteiger partial charge in [-0.1, -0.05) is 12.1 Å². The minimum atomic E-state index is -0.817. The number of rotatable bonds is 10. The maximum Gasteiger partial charge on any atom is 0.316 e. The summed E-state index contributed by atoms with van der Waals surface area (Å²) < 4.78 is 11.2. The third kappa shape index (κ3) is 5.92. The fourth-order valence-corrected chi connectivity index (χ4v) is 2.81. The molecule has 2 aromatic rings. The molecule has 1 heterocycles. The number of carboxylic acids is 1. The van der Waals surface area contributed by atoms with Crippen LogP contribution in [0.4, 0.5) is 11.4 Å². The van der Waals surface area contributed by atoms with Crippen LogP contribution in [-0.2, 0) is 21.6 Å². The molecular weight excluding hydrogens is 346 g/mol. The fourth-order valence-electron chi connectivity index (χ4n) is 2.81. The topological polar surface area (TPSA) is 93.6 Å². The highest BCUT2D eigenvalue weighted by Crippen LogP contribution is 2.34. The van der Waals surface area contributed by atoms with Crippen molar-refractivity contribution < 1.29 is 19.4 Å². The highest BCUT2D eigenvalue weighted by Gasteiger charge is 2.24. The number of benzene rings is 1. The molecule has 0 aliphatic carbocycles. The standard InChI is InChI=1S/C20H27N3O4/c1-5-26-19-21-12-15(13-22-19)23-17-11-14(8-10-18(24)25)7-9-16(17)20(3,4)27-6-2/h7,9,11-13,23H,5-6,8,10H2,1-4H3,(H,24,25). The summed E-state index contributed by atoms with van der Waals surface area (Å²) in [7, 11) is 0. The Kier molecular flexibility index (Phi) is 7.12. The second-order valence-corrected chi connectivity index (χ2v) is 6.53. The number of hydrogen-bond acceptors (Lipinski definition) is 6. The van der Waals surface area contributed by atoms with Crippen LogP contribution in [0.15, 0.2) is 30.6 Å². The van der Waals surface area contributed by atoms with Crippen LogP contribution < -0.4 is 10.1 Å². The van der Waals surface area contributed by atoms with Crippen LogP contribution >= 0.6 is 0 Å². The van der Waals surface area contributed by atoms with E-state index in [2.05, 4.69) is 15.3 Å². The van der Waals surface area contributed by atoms with E-state index in [9.17, 15) is 4.79 Å². The van der Waals surface area contributed by atoms with Crippen molar-refractivity contribution in [3.63, 3.8) is 0 Å². The number of aliphatic carboxylic acids is 1. The van der Waals surface area contributed by atoms with Gasteiger partial charge in [0, 0.05) is 24.3 Å². The molecule has 0 unspecified atom stereocenters. The van der Waals surface area contributed by atoms with Crippen LogP contribution in [0.1, 0.15) is 45.2 Å². The minimum absolute atomic E-state index is 0.0831. The third-order valence-corrected chi connectivity index (χ3v) is 4.05. The fraction of sp³-hybridized carbons (Fsp3) is 0.450. The minimum Gasteiger partial charge on any atom is -0.481 e. The summed E-state index contributed by atoms with van der Waals surface area (Å²) in [6.45, 7) is 8.92. The lowest BCUT2D eigenvalue weighted by molar-refractivity contribution is -0.136. The number of aryl methyl sites for hydroxylation is 1. The Morgan fingerprint density at radius 1 is 1.19 bits per heavy atom. The molecule has 0 saturated heterocycles. The first-order valence-corrected chi connectivity index (χ1v) is 9.06. The van der Waals surface area contributed by atoms with Gasteiger partial charge in [0.15, 0.2) is 0 Å². The molecule has 1 aromatic heterocycles. The van der Waals surface area contributed by atoms with E-state index < -0.39 is 11.6 Å². The molecule has 0 radical (unpaired) electrons. The van der Waals surface area contributed by atoms with Gasteiger partial charge in [0.2, 0.25) is 0 Å². The third-order valence-electron chi connectivity index (χ3n) is 4.05. The van der Waals surface area contributed by atoms with Gasteiger partial charge < -0.3 is 19.9 Å². The number of nitrogens with one attached hydrogen (secondary N) is 1. The number of aromatic nitrogens is 2. The SMILES string of the molecule is CCOc1ncc(Nc2cc(CCC(=O)O)ccc2C(C)(C)OCC)cn1. The normalized spacial score (nSPS) is 11.3. The first-order chi connectivity index (χ1) is 12.9. The van der Waals surface area contributed by atoms with Crippen LogP contribution in [0.5, 0.6) is 6.01 Å². The van der Waals surface area contributed by atoms with Crippen LogP contribution in [0.25, 0.3) is 0 Å². The largest absolute Gasteiger partial charge is 0.481 e. The number of carboxylic acid groups (broad SMARTS) is 1. The van der Waals surface area contributed by atoms with Crippen molar-refractivity contribution in [1.29, 1.82) is 0 Å². The van der Waals surface area contributed by atoms with E-state index in [4.69, 9.17) is 14.6 Å².